The number of hydrogen-bond donors (Lipinski definition) is 0. The second-order valence-corrected chi connectivity index (χ2v) is 18.6. The molecule has 0 spiro atoms. The molecule has 0 bridgehead atoms. The standard InChI is InChI=1S/C36H16B22F4N4O2S/c1-29(45,46)65(30(2,47)48)8-7-64(9-12-17(37)19(39)13(20(40)18(12)38)14-21(41)23(43)15(35(60,61)62)24(44)22(14)42)27(68)33(53,54)66-25-16(31(49,50)36(57,58)32(25,51)52)26(67)63-28(66)69-34(55,56)10-3-5-11(59)6-4-10/h3-6H,7-9H2,1-2H3. The lowest BCUT2D eigenvalue weighted by Crippen LogP contribution is -2.63. The van der Waals surface area contributed by atoms with Gasteiger partial charge in [-0.15, -0.1) is 5.21 Å². The summed E-state index contributed by atoms with van der Waals surface area (Å²) in [5.74, 6) is -2.04. The Morgan fingerprint density at radius 1 is 0.681 bits per heavy atom. The Labute approximate surface area is 433 Å². The number of fused-ring (bicyclic) bond motifs is 1. The van der Waals surface area contributed by atoms with Gasteiger partial charge >= 0.3 is 6.18 Å². The molecule has 6 nitrogen and oxygen atoms in total. The van der Waals surface area contributed by atoms with E-state index in [1.807, 2.05) is 0 Å². The number of carbonyl (C=O) groups excluding carboxylic acids is 1. The van der Waals surface area contributed by atoms with Crippen LogP contribution in [0.3, 0.4) is 0 Å². The maximum absolute atomic E-state index is 15.5. The number of rotatable bonds is 13. The zero-order valence-electron chi connectivity index (χ0n) is 37.2. The molecule has 0 N–H and O–H groups in total. The van der Waals surface area contributed by atoms with E-state index >= 15 is 4.79 Å². The van der Waals surface area contributed by atoms with Crippen LogP contribution in [0.2, 0.25) is 5.21 Å². The second-order valence-electron chi connectivity index (χ2n) is 17.3. The van der Waals surface area contributed by atoms with Crippen LogP contribution < -0.4 is 49.3 Å². The topological polar surface area (TPSA) is 58.4 Å². The lowest BCUT2D eigenvalue weighted by atomic mass is 9.20. The van der Waals surface area contributed by atoms with Crippen molar-refractivity contribution in [2.45, 2.75) is 67.9 Å². The van der Waals surface area contributed by atoms with Crippen molar-refractivity contribution in [3.05, 3.63) is 68.4 Å². The highest BCUT2D eigenvalue weighted by atomic mass is 32.2. The molecule has 292 valence electrons. The summed E-state index contributed by atoms with van der Waals surface area (Å²) in [6, 6.07) is 4.45. The van der Waals surface area contributed by atoms with Gasteiger partial charge < -0.3 is 14.4 Å². The maximum atomic E-state index is 15.5. The van der Waals surface area contributed by atoms with Gasteiger partial charge in [-0.1, -0.05) is 103 Å². The highest BCUT2D eigenvalue weighted by Crippen LogP contribution is 2.58. The molecular formula is C36H16B22F4N4O2S. The maximum Gasteiger partial charge on any atom is 0.415 e. The van der Waals surface area contributed by atoms with Gasteiger partial charge in [-0.05, 0) is 38.9 Å². The van der Waals surface area contributed by atoms with Crippen molar-refractivity contribution < 1.29 is 22.4 Å². The Morgan fingerprint density at radius 3 is 1.54 bits per heavy atom. The van der Waals surface area contributed by atoms with Crippen molar-refractivity contribution in [3.63, 3.8) is 0 Å². The molecule has 0 saturated heterocycles. The van der Waals surface area contributed by atoms with Gasteiger partial charge in [-0.3, -0.25) is 9.59 Å². The van der Waals surface area contributed by atoms with Crippen LogP contribution in [0.15, 0.2) is 34.2 Å². The predicted octanol–water partition coefficient (Wildman–Crippen LogP) is -9.60. The first-order chi connectivity index (χ1) is 31.0. The fourth-order valence-corrected chi connectivity index (χ4v) is 9.10. The normalized spacial score (nSPS) is 15.8. The average molecular weight is 882 g/mol. The Balaban J connectivity index is 1.81. The van der Waals surface area contributed by atoms with Crippen LogP contribution in [0.1, 0.15) is 41.8 Å². The average Bonchev–Trinajstić information content (AvgIpc) is 3.29. The number of thioether (sulfide) groups is 1. The number of alkyl halides is 3. The molecule has 0 atom stereocenters. The first kappa shape index (κ1) is 57.4. The third-order valence-corrected chi connectivity index (χ3v) is 12.9. The van der Waals surface area contributed by atoms with Crippen molar-refractivity contribution in [1.82, 2.24) is 19.4 Å². The molecule has 4 aromatic rings. The Hall–Kier alpha value is -2.53. The van der Waals surface area contributed by atoms with Gasteiger partial charge in [0.1, 0.15) is 84.3 Å². The van der Waals surface area contributed by atoms with Crippen molar-refractivity contribution in [3.8, 4) is 11.1 Å². The van der Waals surface area contributed by atoms with Crippen LogP contribution in [0.4, 0.5) is 17.6 Å². The van der Waals surface area contributed by atoms with Gasteiger partial charge in [-0.2, -0.15) is 18.2 Å². The lowest BCUT2D eigenvalue weighted by Gasteiger charge is -2.49. The van der Waals surface area contributed by atoms with E-state index < -0.39 is 151 Å². The molecule has 0 aliphatic heterocycles. The molecular weight excluding hydrogens is 866 g/mol. The molecule has 0 unspecified atom stereocenters. The third-order valence-electron chi connectivity index (χ3n) is 11.9. The number of nitrogens with zero attached hydrogens (tertiary/aromatic N) is 4. The predicted molar refractivity (Wildman–Crippen MR) is 286 cm³/mol. The molecule has 0 saturated carbocycles. The van der Waals surface area contributed by atoms with Crippen LogP contribution in [0.5, 0.6) is 0 Å². The summed E-state index contributed by atoms with van der Waals surface area (Å²) in [5.41, 5.74) is -10.8. The van der Waals surface area contributed by atoms with E-state index in [-0.39, 0.29) is 16.7 Å². The summed E-state index contributed by atoms with van der Waals surface area (Å²) in [6.45, 7) is 0.872. The number of halogens is 4. The monoisotopic (exact) mass is 886 g/mol. The number of amides is 1. The van der Waals surface area contributed by atoms with Gasteiger partial charge in [-0.25, -0.2) is 4.39 Å². The van der Waals surface area contributed by atoms with Gasteiger partial charge in [0.25, 0.3) is 5.56 Å². The molecule has 69 heavy (non-hydrogen) atoms. The fourth-order valence-electron chi connectivity index (χ4n) is 8.08. The highest BCUT2D eigenvalue weighted by Gasteiger charge is 2.58. The molecule has 44 radical (unpaired) electrons. The molecule has 1 aromatic heterocycles. The summed E-state index contributed by atoms with van der Waals surface area (Å²) in [6.07, 6.45) is -5.10. The van der Waals surface area contributed by atoms with Gasteiger partial charge in [0, 0.05) is 41.8 Å². The van der Waals surface area contributed by atoms with E-state index in [2.05, 4.69) is 4.98 Å². The summed E-state index contributed by atoms with van der Waals surface area (Å²) >= 11 is 0.344. The van der Waals surface area contributed by atoms with Crippen molar-refractivity contribution in [2.24, 2.45) is 0 Å². The van der Waals surface area contributed by atoms with Crippen LogP contribution >= 0.6 is 11.8 Å². The smallest absolute Gasteiger partial charge is 0.336 e. The van der Waals surface area contributed by atoms with E-state index in [0.717, 1.165) is 21.9 Å². The first-order valence-corrected chi connectivity index (χ1v) is 20.7. The van der Waals surface area contributed by atoms with E-state index in [1.54, 1.807) is 0 Å². The molecule has 5 rings (SSSR count). The zero-order chi connectivity index (χ0) is 53.1. The Morgan fingerprint density at radius 2 is 1.12 bits per heavy atom. The van der Waals surface area contributed by atoms with Crippen molar-refractivity contribution in [2.75, 3.05) is 13.1 Å². The van der Waals surface area contributed by atoms with Crippen LogP contribution in [0.25, 0.3) is 11.1 Å². The van der Waals surface area contributed by atoms with Crippen LogP contribution in [-0.4, -0.2) is 222 Å². The summed E-state index contributed by atoms with van der Waals surface area (Å²) in [7, 11) is 141. The van der Waals surface area contributed by atoms with E-state index in [1.165, 1.54) is 26.0 Å². The number of benzene rings is 3. The lowest BCUT2D eigenvalue weighted by molar-refractivity contribution is -0.136. The summed E-state index contributed by atoms with van der Waals surface area (Å²) in [4.78, 5) is 35.5. The quantitative estimate of drug-likeness (QED) is 0.0579. The summed E-state index contributed by atoms with van der Waals surface area (Å²) in [5, 5.41) is -15.4. The molecule has 1 aliphatic carbocycles. The summed E-state index contributed by atoms with van der Waals surface area (Å²) < 4.78 is 54.5. The van der Waals surface area contributed by atoms with Crippen LogP contribution in [0, 0.1) is 5.82 Å². The molecule has 1 amide bonds. The molecule has 0 fully saturated rings. The SMILES string of the molecule is [B]c1c([B])c(-c2c([B])c([B])c(C(F)(F)F)c([B])c2[B])c([B])c([B])c1CN(CCN(C([B])([B])C)C([B])([B])C)C(=O)C([B])([B])n1c(SC([B])([B])c2ccc(F)cc2)nc(=O)c2c1C([B])([B])C([B])([B])C2([B])[B]. The number of carbonyl (C=O) groups is 1. The second kappa shape index (κ2) is 18.7. The minimum atomic E-state index is -5.10. The zero-order valence-corrected chi connectivity index (χ0v) is 38.0. The Kier molecular flexibility index (Phi) is 15.6. The third kappa shape index (κ3) is 9.87. The van der Waals surface area contributed by atoms with Gasteiger partial charge in [0.05, 0.1) is 94.2 Å². The van der Waals surface area contributed by atoms with Crippen molar-refractivity contribution in [1.29, 1.82) is 0 Å². The molecule has 1 heterocycles. The largest absolute Gasteiger partial charge is 0.415 e. The Bertz CT molecular complexity index is 2730. The van der Waals surface area contributed by atoms with E-state index in [4.69, 9.17) is 173 Å². The van der Waals surface area contributed by atoms with E-state index in [9.17, 15) is 22.4 Å². The highest BCUT2D eigenvalue weighted by molar-refractivity contribution is 8.02. The fraction of sp³-hybridized carbons (Fsp3) is 0.361. The minimum absolute atomic E-state index is 0.0293. The number of aromatic nitrogens is 2. The van der Waals surface area contributed by atoms with Gasteiger partial charge in [0.15, 0.2) is 5.16 Å². The van der Waals surface area contributed by atoms with Crippen molar-refractivity contribution >= 4 is 234 Å². The van der Waals surface area contributed by atoms with E-state index in [0.29, 0.717) is 16.3 Å². The van der Waals surface area contributed by atoms with Gasteiger partial charge in [0.2, 0.25) is 5.91 Å². The molecule has 3 aromatic carbocycles. The van der Waals surface area contributed by atoms with Crippen LogP contribution in [-0.2, 0) is 37.8 Å². The number of hydrogen-bond acceptors (Lipinski definition) is 5. The molecule has 33 heteroatoms. The minimum Gasteiger partial charge on any atom is -0.336 e. The first-order valence-electron chi connectivity index (χ1n) is 19.8. The molecule has 1 aliphatic rings.